The van der Waals surface area contributed by atoms with Gasteiger partial charge >= 0.3 is 0 Å². The molecule has 0 bridgehead atoms. The standard InChI is InChI=1S/C11H19NOSi/c1-12-9-10-7-5-6-8-11(10)13-14(2,3)4/h5-8,12H,9H2,1-4H3. The summed E-state index contributed by atoms with van der Waals surface area (Å²) in [6.45, 7) is 7.45. The van der Waals surface area contributed by atoms with Crippen LogP contribution in [0.2, 0.25) is 19.6 Å². The molecule has 0 aliphatic heterocycles. The molecule has 78 valence electrons. The van der Waals surface area contributed by atoms with Crippen molar-refractivity contribution in [3.8, 4) is 5.75 Å². The van der Waals surface area contributed by atoms with Crippen LogP contribution in [-0.2, 0) is 6.54 Å². The summed E-state index contributed by atoms with van der Waals surface area (Å²) in [6.07, 6.45) is 0. The van der Waals surface area contributed by atoms with Crippen LogP contribution in [0.4, 0.5) is 0 Å². The normalized spacial score (nSPS) is 11.4. The highest BCUT2D eigenvalue weighted by Crippen LogP contribution is 2.21. The van der Waals surface area contributed by atoms with E-state index in [4.69, 9.17) is 4.43 Å². The summed E-state index contributed by atoms with van der Waals surface area (Å²) in [4.78, 5) is 0. The number of rotatable bonds is 4. The molecule has 1 rings (SSSR count). The number of nitrogens with one attached hydrogen (secondary N) is 1. The largest absolute Gasteiger partial charge is 0.544 e. The maximum absolute atomic E-state index is 5.98. The molecule has 0 saturated heterocycles. The van der Waals surface area contributed by atoms with Crippen LogP contribution in [0.15, 0.2) is 24.3 Å². The lowest BCUT2D eigenvalue weighted by Crippen LogP contribution is -2.30. The molecule has 0 aromatic heterocycles. The van der Waals surface area contributed by atoms with E-state index in [-0.39, 0.29) is 0 Å². The van der Waals surface area contributed by atoms with Crippen molar-refractivity contribution >= 4 is 8.32 Å². The molecule has 0 radical (unpaired) electrons. The molecule has 3 heteroatoms. The molecule has 0 atom stereocenters. The summed E-state index contributed by atoms with van der Waals surface area (Å²) in [5.74, 6) is 1.03. The van der Waals surface area contributed by atoms with Gasteiger partial charge in [0, 0.05) is 12.1 Å². The van der Waals surface area contributed by atoms with Gasteiger partial charge in [0.25, 0.3) is 0 Å². The minimum atomic E-state index is -1.49. The van der Waals surface area contributed by atoms with E-state index in [1.807, 2.05) is 25.2 Å². The van der Waals surface area contributed by atoms with Gasteiger partial charge in [0.1, 0.15) is 5.75 Å². The van der Waals surface area contributed by atoms with E-state index in [2.05, 4.69) is 31.0 Å². The third kappa shape index (κ3) is 3.52. The van der Waals surface area contributed by atoms with Crippen LogP contribution in [0.5, 0.6) is 5.75 Å². The van der Waals surface area contributed by atoms with Crippen LogP contribution in [0, 0.1) is 0 Å². The van der Waals surface area contributed by atoms with Crippen molar-refractivity contribution in [3.05, 3.63) is 29.8 Å². The Morgan fingerprint density at radius 1 is 1.21 bits per heavy atom. The lowest BCUT2D eigenvalue weighted by molar-refractivity contribution is 0.546. The summed E-state index contributed by atoms with van der Waals surface area (Å²) in [5.41, 5.74) is 1.23. The van der Waals surface area contributed by atoms with E-state index < -0.39 is 8.32 Å². The molecule has 2 nitrogen and oxygen atoms in total. The molecule has 0 spiro atoms. The lowest BCUT2D eigenvalue weighted by atomic mass is 10.2. The quantitative estimate of drug-likeness (QED) is 0.770. The van der Waals surface area contributed by atoms with E-state index in [1.165, 1.54) is 5.56 Å². The summed E-state index contributed by atoms with van der Waals surface area (Å²) in [5, 5.41) is 3.15. The van der Waals surface area contributed by atoms with Gasteiger partial charge in [-0.05, 0) is 32.8 Å². The van der Waals surface area contributed by atoms with E-state index in [1.54, 1.807) is 0 Å². The topological polar surface area (TPSA) is 21.3 Å². The lowest BCUT2D eigenvalue weighted by Gasteiger charge is -2.21. The van der Waals surface area contributed by atoms with E-state index in [9.17, 15) is 0 Å². The molecular formula is C11H19NOSi. The molecule has 0 aliphatic carbocycles. The van der Waals surface area contributed by atoms with Gasteiger partial charge in [0.05, 0.1) is 0 Å². The summed E-state index contributed by atoms with van der Waals surface area (Å²) < 4.78 is 5.98. The maximum Gasteiger partial charge on any atom is 0.242 e. The Balaban J connectivity index is 2.84. The molecular weight excluding hydrogens is 190 g/mol. The Morgan fingerprint density at radius 3 is 2.43 bits per heavy atom. The minimum Gasteiger partial charge on any atom is -0.544 e. The Labute approximate surface area is 87.4 Å². The average Bonchev–Trinajstić information content (AvgIpc) is 2.06. The molecule has 0 heterocycles. The van der Waals surface area contributed by atoms with Crippen molar-refractivity contribution in [2.45, 2.75) is 26.2 Å². The fourth-order valence-corrected chi connectivity index (χ4v) is 2.13. The van der Waals surface area contributed by atoms with Crippen LogP contribution in [0.1, 0.15) is 5.56 Å². The van der Waals surface area contributed by atoms with Crippen molar-refractivity contribution in [3.63, 3.8) is 0 Å². The monoisotopic (exact) mass is 209 g/mol. The van der Waals surface area contributed by atoms with Gasteiger partial charge in [-0.1, -0.05) is 18.2 Å². The van der Waals surface area contributed by atoms with Crippen LogP contribution >= 0.6 is 0 Å². The Hall–Kier alpha value is -0.803. The average molecular weight is 209 g/mol. The van der Waals surface area contributed by atoms with Gasteiger partial charge in [0.2, 0.25) is 8.32 Å². The fraction of sp³-hybridized carbons (Fsp3) is 0.455. The first kappa shape index (κ1) is 11.3. The van der Waals surface area contributed by atoms with Gasteiger partial charge in [-0.2, -0.15) is 0 Å². The van der Waals surface area contributed by atoms with Crippen LogP contribution in [-0.4, -0.2) is 15.4 Å². The van der Waals surface area contributed by atoms with Gasteiger partial charge in [0.15, 0.2) is 0 Å². The van der Waals surface area contributed by atoms with Gasteiger partial charge in [-0.15, -0.1) is 0 Å². The molecule has 0 aliphatic rings. The molecule has 1 aromatic rings. The minimum absolute atomic E-state index is 0.862. The maximum atomic E-state index is 5.98. The number of hydrogen-bond acceptors (Lipinski definition) is 2. The zero-order valence-corrected chi connectivity index (χ0v) is 10.4. The summed E-state index contributed by atoms with van der Waals surface area (Å²) in [6, 6.07) is 8.22. The number of benzene rings is 1. The number of para-hydroxylation sites is 1. The first-order valence-electron chi connectivity index (χ1n) is 4.94. The van der Waals surface area contributed by atoms with Crippen molar-refractivity contribution in [2.75, 3.05) is 7.05 Å². The second-order valence-electron chi connectivity index (χ2n) is 4.35. The van der Waals surface area contributed by atoms with Crippen LogP contribution < -0.4 is 9.74 Å². The fourth-order valence-electron chi connectivity index (χ4n) is 1.27. The zero-order chi connectivity index (χ0) is 10.6. The highest BCUT2D eigenvalue weighted by molar-refractivity contribution is 6.70. The molecule has 0 amide bonds. The highest BCUT2D eigenvalue weighted by atomic mass is 28.4. The molecule has 0 saturated carbocycles. The van der Waals surface area contributed by atoms with Gasteiger partial charge < -0.3 is 9.74 Å². The first-order chi connectivity index (χ1) is 6.53. The van der Waals surface area contributed by atoms with Crippen molar-refractivity contribution < 1.29 is 4.43 Å². The van der Waals surface area contributed by atoms with Crippen molar-refractivity contribution in [2.24, 2.45) is 0 Å². The first-order valence-corrected chi connectivity index (χ1v) is 8.35. The van der Waals surface area contributed by atoms with E-state index >= 15 is 0 Å². The highest BCUT2D eigenvalue weighted by Gasteiger charge is 2.17. The van der Waals surface area contributed by atoms with Crippen molar-refractivity contribution in [1.29, 1.82) is 0 Å². The van der Waals surface area contributed by atoms with Crippen LogP contribution in [0.25, 0.3) is 0 Å². The van der Waals surface area contributed by atoms with Gasteiger partial charge in [-0.3, -0.25) is 0 Å². The van der Waals surface area contributed by atoms with E-state index in [0.717, 1.165) is 12.3 Å². The van der Waals surface area contributed by atoms with E-state index in [0.29, 0.717) is 0 Å². The number of hydrogen-bond donors (Lipinski definition) is 1. The zero-order valence-electron chi connectivity index (χ0n) is 9.42. The second-order valence-corrected chi connectivity index (χ2v) is 8.78. The SMILES string of the molecule is CNCc1ccccc1O[Si](C)(C)C. The summed E-state index contributed by atoms with van der Waals surface area (Å²) >= 11 is 0. The van der Waals surface area contributed by atoms with Gasteiger partial charge in [-0.25, -0.2) is 0 Å². The molecule has 0 unspecified atom stereocenters. The smallest absolute Gasteiger partial charge is 0.242 e. The molecule has 14 heavy (non-hydrogen) atoms. The Morgan fingerprint density at radius 2 is 1.86 bits per heavy atom. The predicted octanol–water partition coefficient (Wildman–Crippen LogP) is 2.62. The second kappa shape index (κ2) is 4.62. The third-order valence-electron chi connectivity index (χ3n) is 1.76. The van der Waals surface area contributed by atoms with Crippen LogP contribution in [0.3, 0.4) is 0 Å². The van der Waals surface area contributed by atoms with Crippen molar-refractivity contribution in [1.82, 2.24) is 5.32 Å². The Bertz CT molecular complexity index is 294. The molecule has 1 aromatic carbocycles. The molecule has 0 fully saturated rings. The summed E-state index contributed by atoms with van der Waals surface area (Å²) in [7, 11) is 0.463. The Kier molecular flexibility index (Phi) is 3.72. The predicted molar refractivity (Wildman–Crippen MR) is 63.2 cm³/mol. The third-order valence-corrected chi connectivity index (χ3v) is 2.59. The molecule has 1 N–H and O–H groups in total.